The van der Waals surface area contributed by atoms with Gasteiger partial charge in [-0.15, -0.1) is 0 Å². The molecule has 0 aliphatic carbocycles. The Hall–Kier alpha value is -2.56. The molecular formula is C17H19NO4. The van der Waals surface area contributed by atoms with Gasteiger partial charge in [0, 0.05) is 5.56 Å². The summed E-state index contributed by atoms with van der Waals surface area (Å²) in [7, 11) is 0. The molecule has 0 aliphatic rings. The zero-order valence-electron chi connectivity index (χ0n) is 12.6. The molecule has 22 heavy (non-hydrogen) atoms. The highest BCUT2D eigenvalue weighted by molar-refractivity contribution is 5.94. The molecule has 2 rings (SSSR count). The predicted molar refractivity (Wildman–Crippen MR) is 82.7 cm³/mol. The first-order valence-electron chi connectivity index (χ1n) is 7.28. The second-order valence-corrected chi connectivity index (χ2v) is 4.99. The highest BCUT2D eigenvalue weighted by atomic mass is 16.4. The molecule has 0 spiro atoms. The molecule has 1 aromatic carbocycles. The second-order valence-electron chi connectivity index (χ2n) is 4.99. The van der Waals surface area contributed by atoms with Crippen molar-refractivity contribution < 1.29 is 19.1 Å². The number of carbonyl (C=O) groups excluding carboxylic acids is 1. The Morgan fingerprint density at radius 3 is 2.36 bits per heavy atom. The molecular weight excluding hydrogens is 282 g/mol. The van der Waals surface area contributed by atoms with Crippen LogP contribution in [0.1, 0.15) is 36.4 Å². The lowest BCUT2D eigenvalue weighted by Gasteiger charge is -2.10. The van der Waals surface area contributed by atoms with Gasteiger partial charge in [0.1, 0.15) is 11.8 Å². The smallest absolute Gasteiger partial charge is 0.326 e. The molecule has 5 nitrogen and oxygen atoms in total. The van der Waals surface area contributed by atoms with Crippen LogP contribution < -0.4 is 5.32 Å². The molecule has 0 saturated heterocycles. The minimum absolute atomic E-state index is 0.106. The van der Waals surface area contributed by atoms with E-state index < -0.39 is 17.9 Å². The fraction of sp³-hybridized carbons (Fsp3) is 0.294. The number of aryl methyl sites for hydroxylation is 1. The van der Waals surface area contributed by atoms with Crippen LogP contribution in [-0.4, -0.2) is 23.0 Å². The van der Waals surface area contributed by atoms with Crippen LogP contribution >= 0.6 is 0 Å². The number of carbonyl (C=O) groups is 2. The molecule has 0 bridgehead atoms. The lowest BCUT2D eigenvalue weighted by molar-refractivity contribution is -0.139. The molecule has 1 unspecified atom stereocenters. The number of carboxylic acid groups (broad SMARTS) is 1. The third-order valence-corrected chi connectivity index (χ3v) is 3.49. The molecule has 0 fully saturated rings. The lowest BCUT2D eigenvalue weighted by Crippen LogP contribution is -2.40. The minimum atomic E-state index is -1.06. The van der Waals surface area contributed by atoms with Gasteiger partial charge in [-0.1, -0.05) is 38.1 Å². The first kappa shape index (κ1) is 15.8. The molecule has 1 amide bonds. The van der Waals surface area contributed by atoms with Crippen LogP contribution in [0.15, 0.2) is 40.8 Å². The summed E-state index contributed by atoms with van der Waals surface area (Å²) in [5.74, 6) is -0.895. The topological polar surface area (TPSA) is 79.5 Å². The summed E-state index contributed by atoms with van der Waals surface area (Å²) in [6.07, 6.45) is 1.27. The molecule has 116 valence electrons. The summed E-state index contributed by atoms with van der Waals surface area (Å²) >= 11 is 0. The molecule has 0 saturated carbocycles. The van der Waals surface area contributed by atoms with Gasteiger partial charge >= 0.3 is 5.97 Å². The van der Waals surface area contributed by atoms with Crippen molar-refractivity contribution in [3.8, 4) is 11.3 Å². The first-order valence-corrected chi connectivity index (χ1v) is 7.28. The highest BCUT2D eigenvalue weighted by Crippen LogP contribution is 2.22. The molecule has 1 atom stereocenters. The maximum atomic E-state index is 12.0. The van der Waals surface area contributed by atoms with Crippen LogP contribution in [0.3, 0.4) is 0 Å². The summed E-state index contributed by atoms with van der Waals surface area (Å²) in [6.45, 7) is 3.78. The van der Waals surface area contributed by atoms with Crippen molar-refractivity contribution in [1.82, 2.24) is 5.32 Å². The fourth-order valence-corrected chi connectivity index (χ4v) is 2.09. The SMILES string of the molecule is CCc1ccc(-c2ccc(C(=O)NC(CC)C(=O)O)o2)cc1. The van der Waals surface area contributed by atoms with Crippen LogP contribution in [0.5, 0.6) is 0 Å². The van der Waals surface area contributed by atoms with E-state index in [9.17, 15) is 9.59 Å². The quantitative estimate of drug-likeness (QED) is 0.859. The summed E-state index contributed by atoms with van der Waals surface area (Å²) in [5, 5.41) is 11.4. The monoisotopic (exact) mass is 301 g/mol. The van der Waals surface area contributed by atoms with Crippen LogP contribution in [0, 0.1) is 0 Å². The molecule has 0 aliphatic heterocycles. The van der Waals surface area contributed by atoms with E-state index in [4.69, 9.17) is 9.52 Å². The van der Waals surface area contributed by atoms with Crippen molar-refractivity contribution in [2.45, 2.75) is 32.7 Å². The maximum Gasteiger partial charge on any atom is 0.326 e. The Morgan fingerprint density at radius 2 is 1.82 bits per heavy atom. The van der Waals surface area contributed by atoms with Crippen molar-refractivity contribution >= 4 is 11.9 Å². The number of carboxylic acids is 1. The van der Waals surface area contributed by atoms with Crippen LogP contribution in [-0.2, 0) is 11.2 Å². The number of amides is 1. The zero-order chi connectivity index (χ0) is 16.1. The third kappa shape index (κ3) is 3.55. The average Bonchev–Trinajstić information content (AvgIpc) is 3.02. The van der Waals surface area contributed by atoms with Crippen molar-refractivity contribution in [3.05, 3.63) is 47.7 Å². The Bertz CT molecular complexity index is 658. The van der Waals surface area contributed by atoms with E-state index >= 15 is 0 Å². The third-order valence-electron chi connectivity index (χ3n) is 3.49. The Morgan fingerprint density at radius 1 is 1.14 bits per heavy atom. The van der Waals surface area contributed by atoms with Crippen molar-refractivity contribution in [1.29, 1.82) is 0 Å². The number of nitrogens with one attached hydrogen (secondary N) is 1. The average molecular weight is 301 g/mol. The summed E-state index contributed by atoms with van der Waals surface area (Å²) < 4.78 is 5.53. The molecule has 5 heteroatoms. The molecule has 2 N–H and O–H groups in total. The summed E-state index contributed by atoms with van der Waals surface area (Å²) in [5.41, 5.74) is 2.10. The second kappa shape index (κ2) is 6.93. The first-order chi connectivity index (χ1) is 10.5. The van der Waals surface area contributed by atoms with Gasteiger partial charge in [-0.25, -0.2) is 4.79 Å². The van der Waals surface area contributed by atoms with Gasteiger partial charge in [0.25, 0.3) is 5.91 Å². The van der Waals surface area contributed by atoms with E-state index in [0.717, 1.165) is 12.0 Å². The normalized spacial score (nSPS) is 11.9. The van der Waals surface area contributed by atoms with Gasteiger partial charge in [-0.2, -0.15) is 0 Å². The van der Waals surface area contributed by atoms with E-state index in [-0.39, 0.29) is 5.76 Å². The number of hydrogen-bond donors (Lipinski definition) is 2. The van der Waals surface area contributed by atoms with E-state index in [2.05, 4.69) is 12.2 Å². The number of rotatable bonds is 6. The van der Waals surface area contributed by atoms with E-state index in [1.54, 1.807) is 19.1 Å². The van der Waals surface area contributed by atoms with Crippen LogP contribution in [0.25, 0.3) is 11.3 Å². The minimum Gasteiger partial charge on any atom is -0.480 e. The highest BCUT2D eigenvalue weighted by Gasteiger charge is 2.20. The number of furan rings is 1. The maximum absolute atomic E-state index is 12.0. The lowest BCUT2D eigenvalue weighted by atomic mass is 10.1. The summed E-state index contributed by atoms with van der Waals surface area (Å²) in [6, 6.07) is 10.2. The van der Waals surface area contributed by atoms with Crippen molar-refractivity contribution in [3.63, 3.8) is 0 Å². The molecule has 1 heterocycles. The van der Waals surface area contributed by atoms with Gasteiger partial charge < -0.3 is 14.8 Å². The van der Waals surface area contributed by atoms with Gasteiger partial charge in [-0.3, -0.25) is 4.79 Å². The predicted octanol–water partition coefficient (Wildman–Crippen LogP) is 3.10. The Labute approximate surface area is 129 Å². The van der Waals surface area contributed by atoms with Crippen LogP contribution in [0.4, 0.5) is 0 Å². The largest absolute Gasteiger partial charge is 0.480 e. The molecule has 1 aromatic heterocycles. The molecule has 0 radical (unpaired) electrons. The number of benzene rings is 1. The van der Waals surface area contributed by atoms with Gasteiger partial charge in [0.15, 0.2) is 5.76 Å². The Balaban J connectivity index is 2.13. The van der Waals surface area contributed by atoms with E-state index in [1.165, 1.54) is 5.56 Å². The standard InChI is InChI=1S/C17H19NO4/c1-3-11-5-7-12(8-6-11)14-9-10-15(22-14)16(19)18-13(4-2)17(20)21/h5-10,13H,3-4H2,1-2H3,(H,18,19)(H,20,21). The molecule has 2 aromatic rings. The van der Waals surface area contributed by atoms with Crippen LogP contribution in [0.2, 0.25) is 0 Å². The Kier molecular flexibility index (Phi) is 4.99. The van der Waals surface area contributed by atoms with Crippen molar-refractivity contribution in [2.75, 3.05) is 0 Å². The fourth-order valence-electron chi connectivity index (χ4n) is 2.09. The van der Waals surface area contributed by atoms with E-state index in [0.29, 0.717) is 12.2 Å². The van der Waals surface area contributed by atoms with Gasteiger partial charge in [0.2, 0.25) is 0 Å². The van der Waals surface area contributed by atoms with Gasteiger partial charge in [0.05, 0.1) is 0 Å². The zero-order valence-corrected chi connectivity index (χ0v) is 12.6. The van der Waals surface area contributed by atoms with E-state index in [1.807, 2.05) is 24.3 Å². The van der Waals surface area contributed by atoms with Crippen molar-refractivity contribution in [2.24, 2.45) is 0 Å². The number of aliphatic carboxylic acids is 1. The summed E-state index contributed by atoms with van der Waals surface area (Å²) in [4.78, 5) is 22.9. The number of hydrogen-bond acceptors (Lipinski definition) is 3. The van der Waals surface area contributed by atoms with Gasteiger partial charge in [-0.05, 0) is 30.5 Å².